The Morgan fingerprint density at radius 2 is 1.90 bits per heavy atom. The number of anilines is 1. The number of alkyl halides is 3. The molecule has 0 fully saturated rings. The molecule has 0 aromatic heterocycles. The molecule has 1 unspecified atom stereocenters. The predicted octanol–water partition coefficient (Wildman–Crippen LogP) is 2.81. The van der Waals surface area contributed by atoms with Crippen LogP contribution in [0.5, 0.6) is 0 Å². The number of benzene rings is 1. The molecule has 0 heterocycles. The van der Waals surface area contributed by atoms with Gasteiger partial charge in [0.2, 0.25) is 0 Å². The quantitative estimate of drug-likeness (QED) is 0.755. The van der Waals surface area contributed by atoms with Gasteiger partial charge >= 0.3 is 18.1 Å². The van der Waals surface area contributed by atoms with Gasteiger partial charge in [0.05, 0.1) is 12.0 Å². The molecule has 0 spiro atoms. The second-order valence-corrected chi connectivity index (χ2v) is 4.74. The van der Waals surface area contributed by atoms with Crippen molar-refractivity contribution in [1.29, 1.82) is 0 Å². The lowest BCUT2D eigenvalue weighted by molar-refractivity contribution is -0.144. The van der Waals surface area contributed by atoms with Gasteiger partial charge in [-0.05, 0) is 18.2 Å². The van der Waals surface area contributed by atoms with Crippen molar-refractivity contribution < 1.29 is 33.0 Å². The molecule has 0 aliphatic carbocycles. The monoisotopic (exact) mass is 355 g/mol. The van der Waals surface area contributed by atoms with Crippen LogP contribution in [0, 0.1) is 0 Å². The first-order chi connectivity index (χ1) is 9.11. The van der Waals surface area contributed by atoms with Gasteiger partial charge in [0.15, 0.2) is 0 Å². The molecule has 1 aromatic carbocycles. The molecule has 0 aliphatic heterocycles. The molecule has 1 atom stereocenters. The van der Waals surface area contributed by atoms with Crippen LogP contribution in [0.1, 0.15) is 12.0 Å². The first kappa shape index (κ1) is 16.3. The van der Waals surface area contributed by atoms with Gasteiger partial charge in [-0.25, -0.2) is 4.79 Å². The Balaban J connectivity index is 3.12. The number of carbonyl (C=O) groups is 2. The van der Waals surface area contributed by atoms with Crippen molar-refractivity contribution in [3.05, 3.63) is 28.2 Å². The molecule has 1 rings (SSSR count). The second-order valence-electron chi connectivity index (χ2n) is 3.82. The molecule has 9 heteroatoms. The summed E-state index contributed by atoms with van der Waals surface area (Å²) >= 11 is 2.89. The van der Waals surface area contributed by atoms with E-state index in [-0.39, 0.29) is 4.47 Å². The highest BCUT2D eigenvalue weighted by Gasteiger charge is 2.35. The third kappa shape index (κ3) is 4.41. The summed E-state index contributed by atoms with van der Waals surface area (Å²) < 4.78 is 38.6. The van der Waals surface area contributed by atoms with Crippen LogP contribution in [0.2, 0.25) is 0 Å². The van der Waals surface area contributed by atoms with E-state index in [0.29, 0.717) is 0 Å². The smallest absolute Gasteiger partial charge is 0.418 e. The van der Waals surface area contributed by atoms with Gasteiger partial charge in [-0.15, -0.1) is 0 Å². The fourth-order valence-electron chi connectivity index (χ4n) is 1.44. The second kappa shape index (κ2) is 6.12. The minimum atomic E-state index is -4.70. The highest BCUT2D eigenvalue weighted by atomic mass is 79.9. The van der Waals surface area contributed by atoms with Crippen LogP contribution in [-0.2, 0) is 15.8 Å². The molecule has 20 heavy (non-hydrogen) atoms. The Hall–Kier alpha value is -1.77. The third-order valence-corrected chi connectivity index (χ3v) is 2.79. The van der Waals surface area contributed by atoms with Gasteiger partial charge in [0, 0.05) is 10.2 Å². The number of hydrogen-bond acceptors (Lipinski definition) is 3. The minimum Gasteiger partial charge on any atom is -0.481 e. The van der Waals surface area contributed by atoms with Crippen molar-refractivity contribution >= 4 is 33.6 Å². The fraction of sp³-hybridized carbons (Fsp3) is 0.273. The Labute approximate surface area is 119 Å². The van der Waals surface area contributed by atoms with Crippen molar-refractivity contribution in [3.63, 3.8) is 0 Å². The summed E-state index contributed by atoms with van der Waals surface area (Å²) in [5.74, 6) is -2.99. The molecule has 0 radical (unpaired) electrons. The van der Waals surface area contributed by atoms with E-state index in [1.165, 1.54) is 6.07 Å². The van der Waals surface area contributed by atoms with Crippen molar-refractivity contribution in [2.45, 2.75) is 18.6 Å². The van der Waals surface area contributed by atoms with Gasteiger partial charge in [0.1, 0.15) is 6.04 Å². The van der Waals surface area contributed by atoms with E-state index in [4.69, 9.17) is 10.2 Å². The summed E-state index contributed by atoms with van der Waals surface area (Å²) in [6, 6.07) is 1.44. The van der Waals surface area contributed by atoms with E-state index in [1.54, 1.807) is 0 Å². The molecule has 0 aliphatic rings. The number of rotatable bonds is 5. The van der Waals surface area contributed by atoms with Crippen LogP contribution >= 0.6 is 15.9 Å². The summed E-state index contributed by atoms with van der Waals surface area (Å²) in [6.45, 7) is 0. The van der Waals surface area contributed by atoms with Crippen LogP contribution < -0.4 is 5.32 Å². The number of aliphatic carboxylic acids is 2. The molecule has 0 saturated carbocycles. The Kier molecular flexibility index (Phi) is 4.98. The van der Waals surface area contributed by atoms with E-state index in [9.17, 15) is 22.8 Å². The maximum Gasteiger partial charge on any atom is 0.418 e. The first-order valence-electron chi connectivity index (χ1n) is 5.19. The lowest BCUT2D eigenvalue weighted by Gasteiger charge is -2.18. The lowest BCUT2D eigenvalue weighted by atomic mass is 10.1. The number of carboxylic acid groups (broad SMARTS) is 2. The third-order valence-electron chi connectivity index (χ3n) is 2.29. The van der Waals surface area contributed by atoms with Gasteiger partial charge < -0.3 is 15.5 Å². The summed E-state index contributed by atoms with van der Waals surface area (Å²) in [5.41, 5.74) is -1.57. The van der Waals surface area contributed by atoms with Crippen LogP contribution in [-0.4, -0.2) is 28.2 Å². The van der Waals surface area contributed by atoms with Gasteiger partial charge in [-0.1, -0.05) is 15.9 Å². The molecular formula is C11H9BrF3NO4. The van der Waals surface area contributed by atoms with E-state index < -0.39 is 41.8 Å². The topological polar surface area (TPSA) is 86.6 Å². The number of halogens is 4. The van der Waals surface area contributed by atoms with E-state index >= 15 is 0 Å². The normalized spacial score (nSPS) is 12.8. The molecule has 0 amide bonds. The molecule has 1 aromatic rings. The number of carboxylic acids is 2. The summed E-state index contributed by atoms with van der Waals surface area (Å²) in [6.07, 6.45) is -5.54. The highest BCUT2D eigenvalue weighted by molar-refractivity contribution is 9.10. The molecule has 110 valence electrons. The Morgan fingerprint density at radius 3 is 2.35 bits per heavy atom. The van der Waals surface area contributed by atoms with Crippen LogP contribution in [0.3, 0.4) is 0 Å². The average Bonchev–Trinajstić information content (AvgIpc) is 2.28. The van der Waals surface area contributed by atoms with Gasteiger partial charge in [-0.2, -0.15) is 13.2 Å². The predicted molar refractivity (Wildman–Crippen MR) is 66.4 cm³/mol. The zero-order valence-electron chi connectivity index (χ0n) is 9.74. The zero-order chi connectivity index (χ0) is 15.5. The molecule has 0 bridgehead atoms. The first-order valence-corrected chi connectivity index (χ1v) is 5.98. The van der Waals surface area contributed by atoms with Crippen molar-refractivity contribution in [2.24, 2.45) is 0 Å². The summed E-state index contributed by atoms with van der Waals surface area (Å²) in [5, 5.41) is 19.5. The number of nitrogens with one attached hydrogen (secondary N) is 1. The molecule has 3 N–H and O–H groups in total. The molecule has 5 nitrogen and oxygen atoms in total. The Bertz CT molecular complexity index is 533. The van der Waals surface area contributed by atoms with Gasteiger partial charge in [0.25, 0.3) is 0 Å². The van der Waals surface area contributed by atoms with Crippen LogP contribution in [0.4, 0.5) is 18.9 Å². The van der Waals surface area contributed by atoms with Crippen LogP contribution in [0.25, 0.3) is 0 Å². The Morgan fingerprint density at radius 1 is 1.30 bits per heavy atom. The SMILES string of the molecule is O=C(O)CC(Nc1ccc(Br)cc1C(F)(F)F)C(=O)O. The minimum absolute atomic E-state index is 0.167. The maximum atomic E-state index is 12.8. The van der Waals surface area contributed by atoms with Gasteiger partial charge in [-0.3, -0.25) is 4.79 Å². The summed E-state index contributed by atoms with van der Waals surface area (Å²) in [4.78, 5) is 21.4. The van der Waals surface area contributed by atoms with E-state index in [0.717, 1.165) is 12.1 Å². The highest BCUT2D eigenvalue weighted by Crippen LogP contribution is 2.36. The maximum absolute atomic E-state index is 12.8. The van der Waals surface area contributed by atoms with Crippen LogP contribution in [0.15, 0.2) is 22.7 Å². The number of hydrogen-bond donors (Lipinski definition) is 3. The molecular weight excluding hydrogens is 347 g/mol. The fourth-order valence-corrected chi connectivity index (χ4v) is 1.80. The standard InChI is InChI=1S/C11H9BrF3NO4/c12-5-1-2-7(6(3-5)11(13,14)15)16-8(10(19)20)4-9(17)18/h1-3,8,16H,4H2,(H,17,18)(H,19,20). The van der Waals surface area contributed by atoms with E-state index in [2.05, 4.69) is 21.2 Å². The van der Waals surface area contributed by atoms with E-state index in [1.807, 2.05) is 0 Å². The lowest BCUT2D eigenvalue weighted by Crippen LogP contribution is -2.32. The van der Waals surface area contributed by atoms with Crippen molar-refractivity contribution in [1.82, 2.24) is 0 Å². The molecule has 0 saturated heterocycles. The average molecular weight is 356 g/mol. The summed E-state index contributed by atoms with van der Waals surface area (Å²) in [7, 11) is 0. The largest absolute Gasteiger partial charge is 0.481 e. The van der Waals surface area contributed by atoms with Crippen molar-refractivity contribution in [3.8, 4) is 0 Å². The zero-order valence-corrected chi connectivity index (χ0v) is 11.3. The van der Waals surface area contributed by atoms with Crippen molar-refractivity contribution in [2.75, 3.05) is 5.32 Å².